The molecule has 1 aromatic rings. The molecular formula is C10H5ClF3IO2. The van der Waals surface area contributed by atoms with E-state index in [1.54, 1.807) is 22.6 Å². The lowest BCUT2D eigenvalue weighted by Gasteiger charge is -2.12. The van der Waals surface area contributed by atoms with Gasteiger partial charge in [-0.1, -0.05) is 0 Å². The van der Waals surface area contributed by atoms with E-state index in [-0.39, 0.29) is 15.4 Å². The van der Waals surface area contributed by atoms with Gasteiger partial charge in [0.2, 0.25) is 0 Å². The summed E-state index contributed by atoms with van der Waals surface area (Å²) in [5.74, 6) is -1.02. The van der Waals surface area contributed by atoms with E-state index >= 15 is 0 Å². The highest BCUT2D eigenvalue weighted by atomic mass is 127. The standard InChI is InChI=1S/C10H5ClF3IO2/c11-3-9(17)6-2-7(10(12,13)14)5(4-16)1-8(6)15/h1-2,4H,3H2. The fourth-order valence-electron chi connectivity index (χ4n) is 1.22. The largest absolute Gasteiger partial charge is 0.417 e. The third-order valence-corrected chi connectivity index (χ3v) is 3.13. The quantitative estimate of drug-likeness (QED) is 0.350. The monoisotopic (exact) mass is 376 g/mol. The zero-order valence-corrected chi connectivity index (χ0v) is 11.1. The number of alkyl halides is 4. The highest BCUT2D eigenvalue weighted by molar-refractivity contribution is 14.1. The molecule has 0 fully saturated rings. The Bertz CT molecular complexity index is 471. The molecule has 0 aliphatic heterocycles. The van der Waals surface area contributed by atoms with Crippen molar-refractivity contribution in [3.63, 3.8) is 0 Å². The molecule has 0 aromatic heterocycles. The van der Waals surface area contributed by atoms with Crippen molar-refractivity contribution in [3.8, 4) is 0 Å². The number of halogens is 5. The molecule has 17 heavy (non-hydrogen) atoms. The fraction of sp³-hybridized carbons (Fsp3) is 0.200. The van der Waals surface area contributed by atoms with Crippen molar-refractivity contribution < 1.29 is 22.8 Å². The fourth-order valence-corrected chi connectivity index (χ4v) is 2.15. The molecule has 0 saturated heterocycles. The van der Waals surface area contributed by atoms with Gasteiger partial charge in [-0.3, -0.25) is 9.59 Å². The Morgan fingerprint density at radius 2 is 2.00 bits per heavy atom. The van der Waals surface area contributed by atoms with Crippen LogP contribution in [0.3, 0.4) is 0 Å². The Hall–Kier alpha value is -0.630. The van der Waals surface area contributed by atoms with Crippen LogP contribution in [0.4, 0.5) is 13.2 Å². The summed E-state index contributed by atoms with van der Waals surface area (Å²) in [5.41, 5.74) is -1.74. The first kappa shape index (κ1) is 14.4. The van der Waals surface area contributed by atoms with Gasteiger partial charge in [0.25, 0.3) is 0 Å². The maximum Gasteiger partial charge on any atom is 0.417 e. The Morgan fingerprint density at radius 3 is 2.41 bits per heavy atom. The molecule has 1 rings (SSSR count). The van der Waals surface area contributed by atoms with E-state index in [2.05, 4.69) is 0 Å². The predicted octanol–water partition coefficient (Wildman–Crippen LogP) is 3.54. The summed E-state index contributed by atoms with van der Waals surface area (Å²) < 4.78 is 38.1. The van der Waals surface area contributed by atoms with Crippen LogP contribution in [-0.4, -0.2) is 17.9 Å². The average Bonchev–Trinajstić information content (AvgIpc) is 2.25. The van der Waals surface area contributed by atoms with Gasteiger partial charge in [-0.15, -0.1) is 11.6 Å². The minimum Gasteiger partial charge on any atom is -0.298 e. The van der Waals surface area contributed by atoms with Gasteiger partial charge in [-0.05, 0) is 34.7 Å². The topological polar surface area (TPSA) is 34.1 Å². The van der Waals surface area contributed by atoms with Crippen LogP contribution in [0.15, 0.2) is 12.1 Å². The lowest BCUT2D eigenvalue weighted by Crippen LogP contribution is -2.13. The van der Waals surface area contributed by atoms with Crippen molar-refractivity contribution in [2.45, 2.75) is 6.18 Å². The molecule has 0 saturated carbocycles. The number of Topliss-reactive ketones (excluding diaryl/α,β-unsaturated/α-hetero) is 1. The molecule has 0 spiro atoms. The van der Waals surface area contributed by atoms with E-state index in [9.17, 15) is 22.8 Å². The van der Waals surface area contributed by atoms with Crippen LogP contribution in [0.5, 0.6) is 0 Å². The van der Waals surface area contributed by atoms with Crippen molar-refractivity contribution in [3.05, 3.63) is 32.4 Å². The van der Waals surface area contributed by atoms with Gasteiger partial charge in [-0.2, -0.15) is 13.2 Å². The van der Waals surface area contributed by atoms with Gasteiger partial charge in [0.15, 0.2) is 12.1 Å². The Labute approximate surface area is 113 Å². The number of hydrogen-bond donors (Lipinski definition) is 0. The minimum absolute atomic E-state index is 0.111. The van der Waals surface area contributed by atoms with Gasteiger partial charge < -0.3 is 0 Å². The Morgan fingerprint density at radius 1 is 1.41 bits per heavy atom. The number of carbonyl (C=O) groups is 2. The molecule has 0 N–H and O–H groups in total. The Balaban J connectivity index is 3.48. The normalized spacial score (nSPS) is 11.4. The van der Waals surface area contributed by atoms with Gasteiger partial charge >= 0.3 is 6.18 Å². The Kier molecular flexibility index (Phi) is 4.54. The second-order valence-electron chi connectivity index (χ2n) is 3.09. The van der Waals surface area contributed by atoms with Crippen molar-refractivity contribution in [2.24, 2.45) is 0 Å². The number of aldehydes is 1. The molecule has 0 aliphatic rings. The highest BCUT2D eigenvalue weighted by Crippen LogP contribution is 2.33. The first-order valence-corrected chi connectivity index (χ1v) is 5.87. The van der Waals surface area contributed by atoms with E-state index in [1.807, 2.05) is 0 Å². The van der Waals surface area contributed by atoms with Gasteiger partial charge in [0.1, 0.15) is 0 Å². The first-order chi connectivity index (χ1) is 7.81. The molecule has 0 aliphatic carbocycles. The highest BCUT2D eigenvalue weighted by Gasteiger charge is 2.34. The van der Waals surface area contributed by atoms with Crippen molar-refractivity contribution in [2.75, 3.05) is 5.88 Å². The first-order valence-electron chi connectivity index (χ1n) is 4.26. The average molecular weight is 376 g/mol. The van der Waals surface area contributed by atoms with Crippen LogP contribution >= 0.6 is 34.2 Å². The number of ketones is 1. The SMILES string of the molecule is O=Cc1cc(I)c(C(=O)CCl)cc1C(F)(F)F. The lowest BCUT2D eigenvalue weighted by molar-refractivity contribution is -0.137. The summed E-state index contributed by atoms with van der Waals surface area (Å²) in [6, 6.07) is 1.69. The maximum atomic E-state index is 12.6. The second-order valence-corrected chi connectivity index (χ2v) is 4.52. The smallest absolute Gasteiger partial charge is 0.298 e. The third-order valence-electron chi connectivity index (χ3n) is 1.99. The van der Waals surface area contributed by atoms with Gasteiger partial charge in [-0.25, -0.2) is 0 Å². The molecule has 2 nitrogen and oxygen atoms in total. The molecule has 0 heterocycles. The van der Waals surface area contributed by atoms with E-state index in [4.69, 9.17) is 11.6 Å². The van der Waals surface area contributed by atoms with E-state index in [0.29, 0.717) is 6.07 Å². The zero-order valence-electron chi connectivity index (χ0n) is 8.15. The van der Waals surface area contributed by atoms with Crippen LogP contribution in [0, 0.1) is 3.57 Å². The molecule has 0 atom stereocenters. The van der Waals surface area contributed by atoms with Crippen LogP contribution in [-0.2, 0) is 6.18 Å². The molecule has 7 heteroatoms. The predicted molar refractivity (Wildman–Crippen MR) is 64.6 cm³/mol. The van der Waals surface area contributed by atoms with Gasteiger partial charge in [0.05, 0.1) is 11.4 Å². The molecule has 0 unspecified atom stereocenters. The van der Waals surface area contributed by atoms with Crippen molar-refractivity contribution >= 4 is 46.3 Å². The van der Waals surface area contributed by atoms with Crippen molar-refractivity contribution in [1.82, 2.24) is 0 Å². The summed E-state index contributed by atoms with van der Waals surface area (Å²) in [4.78, 5) is 21.9. The van der Waals surface area contributed by atoms with Crippen molar-refractivity contribution in [1.29, 1.82) is 0 Å². The number of rotatable bonds is 3. The van der Waals surface area contributed by atoms with E-state index in [1.165, 1.54) is 0 Å². The van der Waals surface area contributed by atoms with Crippen LogP contribution in [0.2, 0.25) is 0 Å². The summed E-state index contributed by atoms with van der Waals surface area (Å²) >= 11 is 6.98. The number of carbonyl (C=O) groups excluding carboxylic acids is 2. The van der Waals surface area contributed by atoms with Gasteiger partial charge in [0, 0.05) is 14.7 Å². The number of hydrogen-bond acceptors (Lipinski definition) is 2. The van der Waals surface area contributed by atoms with Crippen LogP contribution in [0.25, 0.3) is 0 Å². The third kappa shape index (κ3) is 3.19. The molecule has 1 aromatic carbocycles. The molecule has 0 bridgehead atoms. The summed E-state index contributed by atoms with van der Waals surface area (Å²) in [7, 11) is 0. The molecular weight excluding hydrogens is 371 g/mol. The maximum absolute atomic E-state index is 12.6. The molecule has 0 radical (unpaired) electrons. The van der Waals surface area contributed by atoms with Crippen LogP contribution < -0.4 is 0 Å². The summed E-state index contributed by atoms with van der Waals surface area (Å²) in [5, 5.41) is 0. The summed E-state index contributed by atoms with van der Waals surface area (Å²) in [6.07, 6.45) is -4.57. The zero-order chi connectivity index (χ0) is 13.2. The second kappa shape index (κ2) is 5.34. The van der Waals surface area contributed by atoms with Crippen LogP contribution in [0.1, 0.15) is 26.3 Å². The molecule has 92 valence electrons. The van der Waals surface area contributed by atoms with E-state index in [0.717, 1.165) is 6.07 Å². The number of benzene rings is 1. The van der Waals surface area contributed by atoms with E-state index < -0.39 is 29.0 Å². The summed E-state index contributed by atoms with van der Waals surface area (Å²) in [6.45, 7) is 0. The molecule has 0 amide bonds. The minimum atomic E-state index is -4.68. The lowest BCUT2D eigenvalue weighted by atomic mass is 10.0.